The monoisotopic (exact) mass is 329 g/mol. The van der Waals surface area contributed by atoms with Crippen molar-refractivity contribution in [2.75, 3.05) is 11.6 Å². The first-order valence-electron chi connectivity index (χ1n) is 6.64. The zero-order chi connectivity index (χ0) is 13.9. The molecular formula is C17H16BrNO. The van der Waals surface area contributed by atoms with Crippen LogP contribution in [0.25, 0.3) is 0 Å². The maximum atomic E-state index is 6.11. The zero-order valence-corrected chi connectivity index (χ0v) is 12.9. The fraction of sp³-hybridized carbons (Fsp3) is 0.176. The summed E-state index contributed by atoms with van der Waals surface area (Å²) in [6.45, 7) is 2.95. The Morgan fingerprint density at radius 3 is 2.45 bits per heavy atom. The fourth-order valence-electron chi connectivity index (χ4n) is 2.30. The fourth-order valence-corrected chi connectivity index (χ4v) is 2.56. The second kappa shape index (κ2) is 5.81. The molecule has 3 rings (SSSR count). The van der Waals surface area contributed by atoms with Crippen molar-refractivity contribution in [3.63, 3.8) is 0 Å². The van der Waals surface area contributed by atoms with E-state index in [4.69, 9.17) is 4.84 Å². The van der Waals surface area contributed by atoms with Gasteiger partial charge in [-0.05, 0) is 42.8 Å². The van der Waals surface area contributed by atoms with Gasteiger partial charge in [0, 0.05) is 4.47 Å². The number of para-hydroxylation sites is 1. The van der Waals surface area contributed by atoms with E-state index in [1.807, 2.05) is 35.4 Å². The van der Waals surface area contributed by atoms with Crippen LogP contribution >= 0.6 is 15.9 Å². The molecule has 2 aromatic rings. The van der Waals surface area contributed by atoms with E-state index >= 15 is 0 Å². The molecule has 1 aliphatic heterocycles. The van der Waals surface area contributed by atoms with Gasteiger partial charge in [0.25, 0.3) is 0 Å². The summed E-state index contributed by atoms with van der Waals surface area (Å²) in [5.41, 5.74) is 3.56. The van der Waals surface area contributed by atoms with Gasteiger partial charge < -0.3 is 0 Å². The zero-order valence-electron chi connectivity index (χ0n) is 11.3. The number of rotatable bonds is 2. The molecule has 20 heavy (non-hydrogen) atoms. The molecule has 0 saturated heterocycles. The Balaban J connectivity index is 1.86. The Morgan fingerprint density at radius 1 is 1.05 bits per heavy atom. The van der Waals surface area contributed by atoms with Gasteiger partial charge >= 0.3 is 0 Å². The quantitative estimate of drug-likeness (QED) is 0.727. The Hall–Kier alpha value is -1.58. The first-order chi connectivity index (χ1) is 9.72. The Morgan fingerprint density at radius 2 is 1.75 bits per heavy atom. The lowest BCUT2D eigenvalue weighted by molar-refractivity contribution is 0.0558. The van der Waals surface area contributed by atoms with E-state index < -0.39 is 0 Å². The van der Waals surface area contributed by atoms with Crippen LogP contribution in [0.4, 0.5) is 5.69 Å². The van der Waals surface area contributed by atoms with Gasteiger partial charge in [-0.25, -0.2) is 5.06 Å². The first-order valence-corrected chi connectivity index (χ1v) is 7.44. The highest BCUT2D eigenvalue weighted by molar-refractivity contribution is 9.10. The molecule has 1 aliphatic rings. The van der Waals surface area contributed by atoms with Crippen LogP contribution < -0.4 is 5.06 Å². The van der Waals surface area contributed by atoms with Crippen molar-refractivity contribution in [2.24, 2.45) is 0 Å². The molecule has 0 aromatic heterocycles. The lowest BCUT2D eigenvalue weighted by Gasteiger charge is -2.32. The number of nitrogens with zero attached hydrogens (tertiary/aromatic N) is 1. The summed E-state index contributed by atoms with van der Waals surface area (Å²) >= 11 is 3.46. The van der Waals surface area contributed by atoms with Gasteiger partial charge in [-0.15, -0.1) is 0 Å². The van der Waals surface area contributed by atoms with Gasteiger partial charge in [0.05, 0.1) is 12.2 Å². The molecular weight excluding hydrogens is 314 g/mol. The molecule has 0 radical (unpaired) electrons. The summed E-state index contributed by atoms with van der Waals surface area (Å²) in [6.07, 6.45) is 2.15. The third-order valence-corrected chi connectivity index (χ3v) is 3.84. The van der Waals surface area contributed by atoms with Crippen LogP contribution in [0.2, 0.25) is 0 Å². The minimum Gasteiger partial charge on any atom is -0.261 e. The van der Waals surface area contributed by atoms with Crippen LogP contribution in [0.5, 0.6) is 0 Å². The molecule has 2 nitrogen and oxygen atoms in total. The van der Waals surface area contributed by atoms with Crippen molar-refractivity contribution >= 4 is 21.6 Å². The van der Waals surface area contributed by atoms with Crippen LogP contribution in [0.1, 0.15) is 18.6 Å². The normalized spacial score (nSPS) is 18.8. The van der Waals surface area contributed by atoms with Crippen LogP contribution in [-0.4, -0.2) is 6.54 Å². The van der Waals surface area contributed by atoms with Crippen molar-refractivity contribution in [1.82, 2.24) is 0 Å². The maximum Gasteiger partial charge on any atom is 0.129 e. The molecule has 3 heteroatoms. The van der Waals surface area contributed by atoms with Crippen molar-refractivity contribution < 1.29 is 4.84 Å². The van der Waals surface area contributed by atoms with Crippen LogP contribution in [0, 0.1) is 0 Å². The predicted octanol–water partition coefficient (Wildman–Crippen LogP) is 4.89. The molecule has 0 spiro atoms. The lowest BCUT2D eigenvalue weighted by Crippen LogP contribution is -2.31. The summed E-state index contributed by atoms with van der Waals surface area (Å²) < 4.78 is 1.08. The molecule has 0 aliphatic carbocycles. The van der Waals surface area contributed by atoms with Gasteiger partial charge in [0.2, 0.25) is 0 Å². The molecule has 0 amide bonds. The molecule has 0 saturated carbocycles. The smallest absolute Gasteiger partial charge is 0.129 e. The van der Waals surface area contributed by atoms with E-state index in [1.165, 1.54) is 5.57 Å². The molecule has 0 fully saturated rings. The van der Waals surface area contributed by atoms with E-state index in [0.29, 0.717) is 0 Å². The number of anilines is 1. The molecule has 102 valence electrons. The maximum absolute atomic E-state index is 6.11. The van der Waals surface area contributed by atoms with Gasteiger partial charge in [0.1, 0.15) is 6.10 Å². The van der Waals surface area contributed by atoms with Crippen LogP contribution in [0.3, 0.4) is 0 Å². The summed E-state index contributed by atoms with van der Waals surface area (Å²) in [7, 11) is 0. The highest BCUT2D eigenvalue weighted by Gasteiger charge is 2.21. The minimum absolute atomic E-state index is 0.0305. The van der Waals surface area contributed by atoms with Gasteiger partial charge in [-0.3, -0.25) is 4.84 Å². The standard InChI is InChI=1S/C17H16BrNO/c1-13-11-17(14-7-9-15(18)10-8-14)20-19(12-13)16-5-3-2-4-6-16/h2-11,17H,12H2,1H3. The summed E-state index contributed by atoms with van der Waals surface area (Å²) in [6, 6.07) is 18.5. The van der Waals surface area contributed by atoms with Gasteiger partial charge in [-0.1, -0.05) is 51.8 Å². The SMILES string of the molecule is CC1=CC(c2ccc(Br)cc2)ON(c2ccccc2)C1. The highest BCUT2D eigenvalue weighted by atomic mass is 79.9. The molecule has 1 heterocycles. The first kappa shape index (κ1) is 13.4. The molecule has 2 aromatic carbocycles. The number of hydrogen-bond donors (Lipinski definition) is 0. The van der Waals surface area contributed by atoms with E-state index in [9.17, 15) is 0 Å². The Bertz CT molecular complexity index is 607. The largest absolute Gasteiger partial charge is 0.261 e. The third-order valence-electron chi connectivity index (χ3n) is 3.31. The molecule has 1 unspecified atom stereocenters. The summed E-state index contributed by atoms with van der Waals surface area (Å²) in [4.78, 5) is 6.11. The lowest BCUT2D eigenvalue weighted by atomic mass is 10.1. The highest BCUT2D eigenvalue weighted by Crippen LogP contribution is 2.30. The molecule has 1 atom stereocenters. The minimum atomic E-state index is -0.0305. The Labute approximate surface area is 127 Å². The molecule has 0 bridgehead atoms. The average Bonchev–Trinajstić information content (AvgIpc) is 2.48. The third kappa shape index (κ3) is 2.94. The van der Waals surface area contributed by atoms with E-state index in [0.717, 1.165) is 22.3 Å². The summed E-state index contributed by atoms with van der Waals surface area (Å²) in [5, 5.41) is 1.96. The van der Waals surface area contributed by atoms with Crippen molar-refractivity contribution in [3.8, 4) is 0 Å². The van der Waals surface area contributed by atoms with E-state index in [-0.39, 0.29) is 6.10 Å². The van der Waals surface area contributed by atoms with Crippen molar-refractivity contribution in [1.29, 1.82) is 0 Å². The number of hydrogen-bond acceptors (Lipinski definition) is 2. The summed E-state index contributed by atoms with van der Waals surface area (Å²) in [5.74, 6) is 0. The van der Waals surface area contributed by atoms with Crippen LogP contribution in [-0.2, 0) is 4.84 Å². The van der Waals surface area contributed by atoms with Gasteiger partial charge in [-0.2, -0.15) is 0 Å². The average molecular weight is 330 g/mol. The second-order valence-electron chi connectivity index (χ2n) is 4.96. The number of hydroxylamine groups is 1. The van der Waals surface area contributed by atoms with Gasteiger partial charge in [0.15, 0.2) is 0 Å². The van der Waals surface area contributed by atoms with Crippen molar-refractivity contribution in [2.45, 2.75) is 13.0 Å². The van der Waals surface area contributed by atoms with E-state index in [2.05, 4.69) is 53.2 Å². The van der Waals surface area contributed by atoms with Crippen LogP contribution in [0.15, 0.2) is 70.7 Å². The predicted molar refractivity (Wildman–Crippen MR) is 85.5 cm³/mol. The topological polar surface area (TPSA) is 12.5 Å². The molecule has 0 N–H and O–H groups in total. The van der Waals surface area contributed by atoms with Crippen molar-refractivity contribution in [3.05, 3.63) is 76.3 Å². The number of benzene rings is 2. The number of halogens is 1. The second-order valence-corrected chi connectivity index (χ2v) is 5.88. The van der Waals surface area contributed by atoms with E-state index in [1.54, 1.807) is 0 Å². The Kier molecular flexibility index (Phi) is 3.90.